The molecule has 0 aliphatic heterocycles. The van der Waals surface area contributed by atoms with Gasteiger partial charge in [0.05, 0.1) is 6.20 Å². The minimum Gasteiger partial charge on any atom is -0.326 e. The Morgan fingerprint density at radius 1 is 1.33 bits per heavy atom. The van der Waals surface area contributed by atoms with E-state index in [0.29, 0.717) is 12.2 Å². The van der Waals surface area contributed by atoms with Crippen LogP contribution in [0.2, 0.25) is 0 Å². The standard InChI is InChI=1S/C14H25N5O2/c1-9(2)8-11(16-14(21)19(5)10(3)4)13(20)17-12-6-7-15-18-12/h6-7,9-11H,8H2,1-5H3,(H,16,21)(H2,15,17,18,20)/t11-/m0/s1. The van der Waals surface area contributed by atoms with Crippen molar-refractivity contribution in [3.8, 4) is 0 Å². The molecule has 118 valence electrons. The maximum Gasteiger partial charge on any atom is 0.318 e. The number of nitrogens with one attached hydrogen (secondary N) is 3. The lowest BCUT2D eigenvalue weighted by Gasteiger charge is -2.26. The Bertz CT molecular complexity index is 456. The Kier molecular flexibility index (Phi) is 6.20. The molecule has 3 amide bonds. The second-order valence-electron chi connectivity index (χ2n) is 5.80. The summed E-state index contributed by atoms with van der Waals surface area (Å²) in [5, 5.41) is 11.9. The summed E-state index contributed by atoms with van der Waals surface area (Å²) in [6.45, 7) is 7.85. The van der Waals surface area contributed by atoms with Gasteiger partial charge in [0.2, 0.25) is 5.91 Å². The number of carbonyl (C=O) groups is 2. The molecule has 21 heavy (non-hydrogen) atoms. The highest BCUT2D eigenvalue weighted by Crippen LogP contribution is 2.09. The van der Waals surface area contributed by atoms with Gasteiger partial charge in [0.15, 0.2) is 0 Å². The van der Waals surface area contributed by atoms with E-state index in [1.807, 2.05) is 27.7 Å². The summed E-state index contributed by atoms with van der Waals surface area (Å²) in [7, 11) is 1.71. The molecular weight excluding hydrogens is 270 g/mol. The molecule has 0 fully saturated rings. The van der Waals surface area contributed by atoms with Crippen LogP contribution in [-0.2, 0) is 4.79 Å². The predicted molar refractivity (Wildman–Crippen MR) is 81.9 cm³/mol. The van der Waals surface area contributed by atoms with E-state index in [4.69, 9.17) is 0 Å². The summed E-state index contributed by atoms with van der Waals surface area (Å²) >= 11 is 0. The van der Waals surface area contributed by atoms with Crippen molar-refractivity contribution in [2.75, 3.05) is 12.4 Å². The first-order valence-electron chi connectivity index (χ1n) is 7.14. The van der Waals surface area contributed by atoms with Crippen LogP contribution in [0, 0.1) is 5.92 Å². The summed E-state index contributed by atoms with van der Waals surface area (Å²) in [5.74, 6) is 0.547. The Morgan fingerprint density at radius 3 is 2.48 bits per heavy atom. The van der Waals surface area contributed by atoms with Gasteiger partial charge in [-0.3, -0.25) is 9.89 Å². The van der Waals surface area contributed by atoms with Gasteiger partial charge in [-0.05, 0) is 26.2 Å². The SMILES string of the molecule is CC(C)C[C@H](NC(=O)N(C)C(C)C)C(=O)Nc1ccn[nH]1. The average molecular weight is 295 g/mol. The molecular formula is C14H25N5O2. The second kappa shape index (κ2) is 7.66. The number of H-pyrrole nitrogens is 1. The lowest BCUT2D eigenvalue weighted by Crippen LogP contribution is -2.50. The molecule has 0 unspecified atom stereocenters. The van der Waals surface area contributed by atoms with Crippen LogP contribution in [0.4, 0.5) is 10.6 Å². The molecule has 0 saturated heterocycles. The molecule has 1 atom stereocenters. The predicted octanol–water partition coefficient (Wildman–Crippen LogP) is 1.81. The topological polar surface area (TPSA) is 90.1 Å². The Balaban J connectivity index is 2.70. The fourth-order valence-corrected chi connectivity index (χ4v) is 1.73. The molecule has 1 aromatic rings. The Hall–Kier alpha value is -2.05. The van der Waals surface area contributed by atoms with E-state index < -0.39 is 6.04 Å². The zero-order valence-electron chi connectivity index (χ0n) is 13.3. The first-order chi connectivity index (χ1) is 9.81. The highest BCUT2D eigenvalue weighted by Gasteiger charge is 2.24. The minimum atomic E-state index is -0.581. The van der Waals surface area contributed by atoms with E-state index in [9.17, 15) is 9.59 Å². The maximum absolute atomic E-state index is 12.3. The number of aromatic nitrogens is 2. The van der Waals surface area contributed by atoms with Crippen molar-refractivity contribution in [1.29, 1.82) is 0 Å². The van der Waals surface area contributed by atoms with Crippen LogP contribution >= 0.6 is 0 Å². The number of aromatic amines is 1. The van der Waals surface area contributed by atoms with Crippen molar-refractivity contribution in [2.45, 2.75) is 46.2 Å². The van der Waals surface area contributed by atoms with Gasteiger partial charge in [0.25, 0.3) is 0 Å². The van der Waals surface area contributed by atoms with E-state index in [0.717, 1.165) is 0 Å². The summed E-state index contributed by atoms with van der Waals surface area (Å²) in [6, 6.07) is 0.893. The molecule has 0 aromatic carbocycles. The minimum absolute atomic E-state index is 0.0698. The molecule has 1 aromatic heterocycles. The maximum atomic E-state index is 12.3. The fourth-order valence-electron chi connectivity index (χ4n) is 1.73. The molecule has 3 N–H and O–H groups in total. The second-order valence-corrected chi connectivity index (χ2v) is 5.80. The van der Waals surface area contributed by atoms with Crippen LogP contribution in [0.3, 0.4) is 0 Å². The smallest absolute Gasteiger partial charge is 0.318 e. The number of hydrogen-bond donors (Lipinski definition) is 3. The number of urea groups is 1. The van der Waals surface area contributed by atoms with Crippen molar-refractivity contribution in [1.82, 2.24) is 20.4 Å². The molecule has 0 saturated carbocycles. The van der Waals surface area contributed by atoms with Crippen LogP contribution in [-0.4, -0.2) is 46.2 Å². The first-order valence-corrected chi connectivity index (χ1v) is 7.14. The molecule has 0 aliphatic rings. The fraction of sp³-hybridized carbons (Fsp3) is 0.643. The normalized spacial score (nSPS) is 12.3. The summed E-state index contributed by atoms with van der Waals surface area (Å²) in [4.78, 5) is 25.9. The van der Waals surface area contributed by atoms with Gasteiger partial charge >= 0.3 is 6.03 Å². The molecule has 0 bridgehead atoms. The van der Waals surface area contributed by atoms with Crippen LogP contribution in [0.25, 0.3) is 0 Å². The lowest BCUT2D eigenvalue weighted by molar-refractivity contribution is -0.118. The Labute approximate surface area is 125 Å². The third-order valence-corrected chi connectivity index (χ3v) is 3.17. The van der Waals surface area contributed by atoms with Gasteiger partial charge < -0.3 is 15.5 Å². The average Bonchev–Trinajstić information content (AvgIpc) is 2.88. The van der Waals surface area contributed by atoms with Crippen LogP contribution in [0.15, 0.2) is 12.3 Å². The largest absolute Gasteiger partial charge is 0.326 e. The van der Waals surface area contributed by atoms with Gasteiger partial charge in [-0.1, -0.05) is 13.8 Å². The van der Waals surface area contributed by atoms with E-state index >= 15 is 0 Å². The van der Waals surface area contributed by atoms with E-state index in [-0.39, 0.29) is 23.9 Å². The van der Waals surface area contributed by atoms with Crippen molar-refractivity contribution in [2.24, 2.45) is 5.92 Å². The summed E-state index contributed by atoms with van der Waals surface area (Å²) < 4.78 is 0. The summed E-state index contributed by atoms with van der Waals surface area (Å²) in [6.07, 6.45) is 2.12. The van der Waals surface area contributed by atoms with E-state index in [2.05, 4.69) is 20.8 Å². The number of carbonyl (C=O) groups excluding carboxylic acids is 2. The molecule has 0 radical (unpaired) electrons. The van der Waals surface area contributed by atoms with E-state index in [1.165, 1.54) is 0 Å². The third kappa shape index (κ3) is 5.45. The Morgan fingerprint density at radius 2 is 2.00 bits per heavy atom. The zero-order chi connectivity index (χ0) is 16.0. The van der Waals surface area contributed by atoms with Crippen molar-refractivity contribution < 1.29 is 9.59 Å². The molecule has 1 heterocycles. The number of amides is 3. The van der Waals surface area contributed by atoms with Gasteiger partial charge in [-0.25, -0.2) is 4.79 Å². The monoisotopic (exact) mass is 295 g/mol. The van der Waals surface area contributed by atoms with Crippen LogP contribution in [0.5, 0.6) is 0 Å². The quantitative estimate of drug-likeness (QED) is 0.747. The summed E-state index contributed by atoms with van der Waals surface area (Å²) in [5.41, 5.74) is 0. The third-order valence-electron chi connectivity index (χ3n) is 3.17. The van der Waals surface area contributed by atoms with Crippen molar-refractivity contribution in [3.05, 3.63) is 12.3 Å². The zero-order valence-corrected chi connectivity index (χ0v) is 13.3. The number of hydrogen-bond acceptors (Lipinski definition) is 3. The highest BCUT2D eigenvalue weighted by molar-refractivity contribution is 5.96. The first kappa shape index (κ1) is 17.0. The molecule has 0 spiro atoms. The van der Waals surface area contributed by atoms with Crippen LogP contribution in [0.1, 0.15) is 34.1 Å². The van der Waals surface area contributed by atoms with Crippen molar-refractivity contribution >= 4 is 17.8 Å². The number of nitrogens with zero attached hydrogens (tertiary/aromatic N) is 2. The molecule has 7 nitrogen and oxygen atoms in total. The van der Waals surface area contributed by atoms with Gasteiger partial charge in [0, 0.05) is 19.2 Å². The highest BCUT2D eigenvalue weighted by atomic mass is 16.2. The van der Waals surface area contributed by atoms with E-state index in [1.54, 1.807) is 24.2 Å². The molecule has 7 heteroatoms. The van der Waals surface area contributed by atoms with Gasteiger partial charge in [-0.15, -0.1) is 0 Å². The van der Waals surface area contributed by atoms with Crippen LogP contribution < -0.4 is 10.6 Å². The van der Waals surface area contributed by atoms with Crippen molar-refractivity contribution in [3.63, 3.8) is 0 Å². The van der Waals surface area contributed by atoms with Gasteiger partial charge in [0.1, 0.15) is 11.9 Å². The number of anilines is 1. The molecule has 0 aliphatic carbocycles. The lowest BCUT2D eigenvalue weighted by atomic mass is 10.0. The van der Waals surface area contributed by atoms with Gasteiger partial charge in [-0.2, -0.15) is 5.10 Å². The molecule has 1 rings (SSSR count). The number of rotatable bonds is 6.